The predicted molar refractivity (Wildman–Crippen MR) is 248 cm³/mol. The smallest absolute Gasteiger partial charge is 0.164 e. The van der Waals surface area contributed by atoms with Crippen molar-refractivity contribution in [1.82, 2.24) is 19.5 Å². The van der Waals surface area contributed by atoms with E-state index in [-0.39, 0.29) is 0 Å². The van der Waals surface area contributed by atoms with Crippen LogP contribution in [0.4, 0.5) is 0 Å². The van der Waals surface area contributed by atoms with Gasteiger partial charge in [0, 0.05) is 54.4 Å². The summed E-state index contributed by atoms with van der Waals surface area (Å²) in [6, 6.07) is 68.6. The molecule has 0 aliphatic rings. The lowest BCUT2D eigenvalue weighted by molar-refractivity contribution is 0.672. The molecule has 0 aliphatic carbocycles. The maximum atomic E-state index is 6.91. The van der Waals surface area contributed by atoms with Crippen LogP contribution in [0.15, 0.2) is 199 Å². The Bertz CT molecular complexity index is 3890. The second-order valence-electron chi connectivity index (χ2n) is 15.5. The predicted octanol–water partition coefficient (Wildman–Crippen LogP) is 14.5. The third kappa shape index (κ3) is 4.84. The topological polar surface area (TPSA) is 56.7 Å². The monoisotopic (exact) mass is 764 g/mol. The number of benzene rings is 10. The standard InChI is InChI=1S/C55H32N4O/c1-2-16-35(17-3-1)53-56-54(43-25-12-20-33-14-6-8-21-38(33)43)58-55(57-53)44-26-13-27-49-50(44)46-32-48(40-23-10-11-24-42(40)52(46)60-49)59-47-31-37-19-5-4-18-36(37)30-45(47)41-29-28-34-15-7-9-22-39(34)51(41)59/h1-32H. The fourth-order valence-electron chi connectivity index (χ4n) is 9.47. The van der Waals surface area contributed by atoms with Crippen molar-refractivity contribution in [2.75, 3.05) is 0 Å². The molecule has 3 aromatic heterocycles. The van der Waals surface area contributed by atoms with E-state index in [1.54, 1.807) is 0 Å². The summed E-state index contributed by atoms with van der Waals surface area (Å²) in [6.07, 6.45) is 0. The summed E-state index contributed by atoms with van der Waals surface area (Å²) in [5.41, 5.74) is 7.79. The highest BCUT2D eigenvalue weighted by Gasteiger charge is 2.23. The second-order valence-corrected chi connectivity index (χ2v) is 15.5. The molecule has 0 N–H and O–H groups in total. The molecule has 0 amide bonds. The zero-order valence-corrected chi connectivity index (χ0v) is 32.2. The molecule has 13 rings (SSSR count). The average Bonchev–Trinajstić information content (AvgIpc) is 3.86. The van der Waals surface area contributed by atoms with E-state index >= 15 is 0 Å². The van der Waals surface area contributed by atoms with Crippen molar-refractivity contribution in [1.29, 1.82) is 0 Å². The molecule has 0 atom stereocenters. The van der Waals surface area contributed by atoms with Crippen LogP contribution >= 0.6 is 0 Å². The molecule has 0 aliphatic heterocycles. The number of fused-ring (bicyclic) bond motifs is 12. The Morgan fingerprint density at radius 2 is 0.967 bits per heavy atom. The highest BCUT2D eigenvalue weighted by molar-refractivity contribution is 6.24. The van der Waals surface area contributed by atoms with Crippen LogP contribution in [0.1, 0.15) is 0 Å². The van der Waals surface area contributed by atoms with E-state index < -0.39 is 0 Å². The zero-order chi connectivity index (χ0) is 39.3. The first-order valence-electron chi connectivity index (χ1n) is 20.3. The summed E-state index contributed by atoms with van der Waals surface area (Å²) in [4.78, 5) is 15.6. The Morgan fingerprint density at radius 3 is 1.78 bits per heavy atom. The van der Waals surface area contributed by atoms with Gasteiger partial charge in [-0.1, -0.05) is 170 Å². The van der Waals surface area contributed by atoms with Gasteiger partial charge >= 0.3 is 0 Å². The number of hydrogen-bond acceptors (Lipinski definition) is 4. The minimum Gasteiger partial charge on any atom is -0.455 e. The maximum Gasteiger partial charge on any atom is 0.164 e. The highest BCUT2D eigenvalue weighted by Crippen LogP contribution is 2.45. The van der Waals surface area contributed by atoms with Crippen LogP contribution in [-0.4, -0.2) is 19.5 Å². The maximum absolute atomic E-state index is 6.91. The molecule has 3 heterocycles. The van der Waals surface area contributed by atoms with Crippen molar-refractivity contribution in [2.24, 2.45) is 0 Å². The van der Waals surface area contributed by atoms with Gasteiger partial charge in [0.25, 0.3) is 0 Å². The first kappa shape index (κ1) is 32.9. The van der Waals surface area contributed by atoms with Crippen LogP contribution in [0, 0.1) is 0 Å². The van der Waals surface area contributed by atoms with Gasteiger partial charge in [-0.2, -0.15) is 0 Å². The number of rotatable bonds is 4. The van der Waals surface area contributed by atoms with Crippen LogP contribution in [0.5, 0.6) is 0 Å². The zero-order valence-electron chi connectivity index (χ0n) is 32.2. The van der Waals surface area contributed by atoms with Gasteiger partial charge in [0.1, 0.15) is 11.2 Å². The van der Waals surface area contributed by atoms with Gasteiger partial charge in [0.15, 0.2) is 17.5 Å². The Kier molecular flexibility index (Phi) is 6.95. The third-order valence-corrected chi connectivity index (χ3v) is 12.2. The molecule has 0 fully saturated rings. The fourth-order valence-corrected chi connectivity index (χ4v) is 9.47. The molecular formula is C55H32N4O. The van der Waals surface area contributed by atoms with Gasteiger partial charge in [-0.05, 0) is 51.2 Å². The first-order valence-corrected chi connectivity index (χ1v) is 20.3. The summed E-state index contributed by atoms with van der Waals surface area (Å²) in [6.45, 7) is 0. The lowest BCUT2D eigenvalue weighted by atomic mass is 10.00. The Balaban J connectivity index is 1.15. The molecule has 278 valence electrons. The normalized spacial score (nSPS) is 12.0. The van der Waals surface area contributed by atoms with E-state index in [9.17, 15) is 0 Å². The molecule has 0 spiro atoms. The molecule has 0 saturated heterocycles. The van der Waals surface area contributed by atoms with Crippen LogP contribution < -0.4 is 0 Å². The van der Waals surface area contributed by atoms with E-state index in [0.29, 0.717) is 17.5 Å². The highest BCUT2D eigenvalue weighted by atomic mass is 16.3. The molecule has 10 aromatic carbocycles. The SMILES string of the molecule is c1ccc(-c2nc(-c3cccc4ccccc34)nc(-c3cccc4oc5c6ccccc6c(-n6c7cc8ccccc8cc7c7ccc8ccccc8c76)cc5c34)n2)cc1. The quantitative estimate of drug-likeness (QED) is 0.179. The minimum atomic E-state index is 0.587. The summed E-state index contributed by atoms with van der Waals surface area (Å²) in [5, 5.41) is 13.6. The summed E-state index contributed by atoms with van der Waals surface area (Å²) in [7, 11) is 0. The number of nitrogens with zero attached hydrogens (tertiary/aromatic N) is 4. The van der Waals surface area contributed by atoms with E-state index in [2.05, 4.69) is 174 Å². The van der Waals surface area contributed by atoms with Gasteiger partial charge in [-0.3, -0.25) is 0 Å². The molecular weight excluding hydrogens is 733 g/mol. The largest absolute Gasteiger partial charge is 0.455 e. The van der Waals surface area contributed by atoms with Crippen LogP contribution in [0.25, 0.3) is 127 Å². The Labute approximate surface area is 343 Å². The van der Waals surface area contributed by atoms with Crippen molar-refractivity contribution < 1.29 is 4.42 Å². The van der Waals surface area contributed by atoms with Gasteiger partial charge in [-0.15, -0.1) is 0 Å². The van der Waals surface area contributed by atoms with Crippen molar-refractivity contribution in [3.8, 4) is 39.9 Å². The second kappa shape index (κ2) is 12.7. The van der Waals surface area contributed by atoms with Crippen molar-refractivity contribution in [3.05, 3.63) is 194 Å². The number of hydrogen-bond donors (Lipinski definition) is 0. The van der Waals surface area contributed by atoms with Gasteiger partial charge in [-0.25, -0.2) is 15.0 Å². The van der Waals surface area contributed by atoms with Gasteiger partial charge in [0.2, 0.25) is 0 Å². The molecule has 60 heavy (non-hydrogen) atoms. The fraction of sp³-hybridized carbons (Fsp3) is 0. The van der Waals surface area contributed by atoms with E-state index in [0.717, 1.165) is 71.4 Å². The lowest BCUT2D eigenvalue weighted by Crippen LogP contribution is -2.01. The van der Waals surface area contributed by atoms with E-state index in [1.165, 1.54) is 37.8 Å². The Hall–Kier alpha value is -8.15. The van der Waals surface area contributed by atoms with Crippen LogP contribution in [0.3, 0.4) is 0 Å². The van der Waals surface area contributed by atoms with Crippen molar-refractivity contribution in [3.63, 3.8) is 0 Å². The lowest BCUT2D eigenvalue weighted by Gasteiger charge is -2.14. The summed E-state index contributed by atoms with van der Waals surface area (Å²) < 4.78 is 9.39. The van der Waals surface area contributed by atoms with Gasteiger partial charge < -0.3 is 8.98 Å². The average molecular weight is 765 g/mol. The molecule has 0 radical (unpaired) electrons. The van der Waals surface area contributed by atoms with E-state index in [4.69, 9.17) is 19.4 Å². The van der Waals surface area contributed by atoms with Gasteiger partial charge in [0.05, 0.1) is 16.7 Å². The number of aromatic nitrogens is 4. The Morgan fingerprint density at radius 1 is 0.367 bits per heavy atom. The minimum absolute atomic E-state index is 0.587. The summed E-state index contributed by atoms with van der Waals surface area (Å²) >= 11 is 0. The third-order valence-electron chi connectivity index (χ3n) is 12.2. The van der Waals surface area contributed by atoms with E-state index in [1.807, 2.05) is 24.3 Å². The van der Waals surface area contributed by atoms with Crippen LogP contribution in [-0.2, 0) is 0 Å². The molecule has 0 bridgehead atoms. The number of furan rings is 1. The first-order chi connectivity index (χ1) is 29.7. The summed E-state index contributed by atoms with van der Waals surface area (Å²) in [5.74, 6) is 1.82. The van der Waals surface area contributed by atoms with Crippen molar-refractivity contribution >= 4 is 86.8 Å². The van der Waals surface area contributed by atoms with Crippen molar-refractivity contribution in [2.45, 2.75) is 0 Å². The van der Waals surface area contributed by atoms with Crippen LogP contribution in [0.2, 0.25) is 0 Å². The molecule has 0 saturated carbocycles. The molecule has 0 unspecified atom stereocenters. The molecule has 5 heteroatoms. The molecule has 5 nitrogen and oxygen atoms in total. The molecule has 13 aromatic rings.